The van der Waals surface area contributed by atoms with E-state index < -0.39 is 17.6 Å². The van der Waals surface area contributed by atoms with Crippen LogP contribution in [-0.2, 0) is 0 Å². The van der Waals surface area contributed by atoms with E-state index >= 15 is 0 Å². The maximum absolute atomic E-state index is 10.6. The van der Waals surface area contributed by atoms with Crippen molar-refractivity contribution >= 4 is 28.7 Å². The van der Waals surface area contributed by atoms with Crippen LogP contribution in [0.1, 0.15) is 0 Å². The molecule has 0 spiro atoms. The topological polar surface area (TPSA) is 122 Å². The van der Waals surface area contributed by atoms with E-state index in [0.29, 0.717) is 0 Å². The number of aliphatic hydroxyl groups excluding tert-OH is 2. The molecule has 0 amide bonds. The van der Waals surface area contributed by atoms with Crippen molar-refractivity contribution in [2.45, 2.75) is 6.10 Å². The highest BCUT2D eigenvalue weighted by molar-refractivity contribution is 6.33. The molecule has 0 saturated carbocycles. The molecule has 0 aliphatic carbocycles. The first-order chi connectivity index (χ1) is 7.95. The van der Waals surface area contributed by atoms with E-state index in [1.807, 2.05) is 0 Å². The Labute approximate surface area is 102 Å². The second kappa shape index (κ2) is 5.67. The number of halogens is 1. The standard InChI is InChI=1S/C9H12ClN3O4/c10-6-1-7(11)9(13(16)17)2-8(6)12-3-5(15)4-14/h1-2,5,12,14-15H,3-4,11H2. The molecule has 0 radical (unpaired) electrons. The van der Waals surface area contributed by atoms with Gasteiger partial charge in [-0.25, -0.2) is 0 Å². The first-order valence-electron chi connectivity index (χ1n) is 4.72. The van der Waals surface area contributed by atoms with Crippen LogP contribution >= 0.6 is 11.6 Å². The fourth-order valence-electron chi connectivity index (χ4n) is 1.16. The van der Waals surface area contributed by atoms with Gasteiger partial charge in [0.25, 0.3) is 5.69 Å². The number of nitrogens with one attached hydrogen (secondary N) is 1. The molecule has 0 aliphatic rings. The summed E-state index contributed by atoms with van der Waals surface area (Å²) in [7, 11) is 0. The van der Waals surface area contributed by atoms with Gasteiger partial charge < -0.3 is 21.3 Å². The molecule has 1 atom stereocenters. The number of nitrogens with zero attached hydrogens (tertiary/aromatic N) is 1. The Bertz CT molecular complexity index is 427. The average Bonchev–Trinajstić information content (AvgIpc) is 2.26. The SMILES string of the molecule is Nc1cc(Cl)c(NCC(O)CO)cc1[N+](=O)[O-]. The van der Waals surface area contributed by atoms with Crippen LogP contribution in [0.4, 0.5) is 17.1 Å². The summed E-state index contributed by atoms with van der Waals surface area (Å²) in [6, 6.07) is 2.44. The van der Waals surface area contributed by atoms with Crippen molar-refractivity contribution in [1.29, 1.82) is 0 Å². The molecule has 5 N–H and O–H groups in total. The van der Waals surface area contributed by atoms with Gasteiger partial charge in [-0.05, 0) is 6.07 Å². The number of aliphatic hydroxyl groups is 2. The summed E-state index contributed by atoms with van der Waals surface area (Å²) in [6.07, 6.45) is -0.970. The van der Waals surface area contributed by atoms with E-state index in [4.69, 9.17) is 27.5 Å². The molecule has 0 aliphatic heterocycles. The van der Waals surface area contributed by atoms with Gasteiger partial charge in [-0.3, -0.25) is 10.1 Å². The highest BCUT2D eigenvalue weighted by atomic mass is 35.5. The largest absolute Gasteiger partial charge is 0.394 e. The number of rotatable bonds is 5. The van der Waals surface area contributed by atoms with Crippen molar-refractivity contribution in [2.75, 3.05) is 24.2 Å². The van der Waals surface area contributed by atoms with Crippen molar-refractivity contribution in [1.82, 2.24) is 0 Å². The molecule has 94 valence electrons. The Morgan fingerprint density at radius 3 is 2.76 bits per heavy atom. The van der Waals surface area contributed by atoms with Gasteiger partial charge >= 0.3 is 0 Å². The zero-order chi connectivity index (χ0) is 13.0. The van der Waals surface area contributed by atoms with Crippen molar-refractivity contribution in [2.24, 2.45) is 0 Å². The molecule has 7 nitrogen and oxygen atoms in total. The lowest BCUT2D eigenvalue weighted by atomic mass is 10.2. The third-order valence-electron chi connectivity index (χ3n) is 2.05. The molecule has 0 heterocycles. The van der Waals surface area contributed by atoms with Gasteiger partial charge in [0, 0.05) is 12.6 Å². The molecule has 1 rings (SSSR count). The Hall–Kier alpha value is -1.57. The van der Waals surface area contributed by atoms with Crippen LogP contribution in [0.5, 0.6) is 0 Å². The fourth-order valence-corrected chi connectivity index (χ4v) is 1.40. The van der Waals surface area contributed by atoms with E-state index in [1.165, 1.54) is 12.1 Å². The van der Waals surface area contributed by atoms with Crippen LogP contribution in [0.15, 0.2) is 12.1 Å². The number of nitrogen functional groups attached to an aromatic ring is 1. The van der Waals surface area contributed by atoms with Gasteiger partial charge in [0.05, 0.1) is 28.3 Å². The molecule has 0 bridgehead atoms. The van der Waals surface area contributed by atoms with Gasteiger partial charge in [-0.15, -0.1) is 0 Å². The van der Waals surface area contributed by atoms with Gasteiger partial charge in [0.2, 0.25) is 0 Å². The maximum atomic E-state index is 10.6. The number of benzene rings is 1. The molecular formula is C9H12ClN3O4. The number of nitro groups is 1. The quantitative estimate of drug-likeness (QED) is 0.350. The predicted molar refractivity (Wildman–Crippen MR) is 64.1 cm³/mol. The van der Waals surface area contributed by atoms with Crippen LogP contribution < -0.4 is 11.1 Å². The lowest BCUT2D eigenvalue weighted by Gasteiger charge is -2.12. The van der Waals surface area contributed by atoms with Gasteiger partial charge in [-0.2, -0.15) is 0 Å². The second-order valence-electron chi connectivity index (χ2n) is 3.37. The fraction of sp³-hybridized carbons (Fsp3) is 0.333. The summed E-state index contributed by atoms with van der Waals surface area (Å²) in [5.74, 6) is 0. The lowest BCUT2D eigenvalue weighted by molar-refractivity contribution is -0.383. The number of hydrogen-bond donors (Lipinski definition) is 4. The number of anilines is 2. The third-order valence-corrected chi connectivity index (χ3v) is 2.36. The van der Waals surface area contributed by atoms with Gasteiger partial charge in [0.1, 0.15) is 5.69 Å². The lowest BCUT2D eigenvalue weighted by Crippen LogP contribution is -2.23. The normalized spacial score (nSPS) is 12.2. The first-order valence-corrected chi connectivity index (χ1v) is 5.09. The Morgan fingerprint density at radius 2 is 2.24 bits per heavy atom. The van der Waals surface area contributed by atoms with Gasteiger partial charge in [0.15, 0.2) is 0 Å². The highest BCUT2D eigenvalue weighted by Crippen LogP contribution is 2.32. The molecule has 0 aromatic heterocycles. The molecule has 1 unspecified atom stereocenters. The predicted octanol–water partition coefficient (Wildman–Crippen LogP) is 0.595. The summed E-state index contributed by atoms with van der Waals surface area (Å²) in [5, 5.41) is 31.3. The van der Waals surface area contributed by atoms with Crippen LogP contribution in [0.3, 0.4) is 0 Å². The summed E-state index contributed by atoms with van der Waals surface area (Å²) in [5.41, 5.74) is 5.41. The Kier molecular flexibility index (Phi) is 4.50. The van der Waals surface area contributed by atoms with Gasteiger partial charge in [-0.1, -0.05) is 11.6 Å². The monoisotopic (exact) mass is 261 g/mol. The van der Waals surface area contributed by atoms with Crippen molar-refractivity contribution in [3.8, 4) is 0 Å². The summed E-state index contributed by atoms with van der Waals surface area (Å²) >= 11 is 5.82. The van der Waals surface area contributed by atoms with Crippen LogP contribution in [-0.4, -0.2) is 34.4 Å². The second-order valence-corrected chi connectivity index (χ2v) is 3.77. The highest BCUT2D eigenvalue weighted by Gasteiger charge is 2.15. The molecule has 17 heavy (non-hydrogen) atoms. The number of hydrogen-bond acceptors (Lipinski definition) is 6. The van der Waals surface area contributed by atoms with Crippen molar-refractivity contribution in [3.63, 3.8) is 0 Å². The minimum atomic E-state index is -0.970. The first kappa shape index (κ1) is 13.5. The molecule has 1 aromatic rings. The van der Waals surface area contributed by atoms with Crippen LogP contribution in [0.2, 0.25) is 5.02 Å². The smallest absolute Gasteiger partial charge is 0.294 e. The summed E-state index contributed by atoms with van der Waals surface area (Å²) in [6.45, 7) is -0.390. The zero-order valence-electron chi connectivity index (χ0n) is 8.76. The molecule has 8 heteroatoms. The molecule has 0 saturated heterocycles. The third kappa shape index (κ3) is 3.45. The molecule has 1 aromatic carbocycles. The minimum Gasteiger partial charge on any atom is -0.394 e. The van der Waals surface area contributed by atoms with Crippen LogP contribution in [0.25, 0.3) is 0 Å². The Balaban J connectivity index is 2.92. The molecular weight excluding hydrogens is 250 g/mol. The Morgan fingerprint density at radius 1 is 1.59 bits per heavy atom. The average molecular weight is 262 g/mol. The number of nitrogens with two attached hydrogens (primary N) is 1. The van der Waals surface area contributed by atoms with E-state index in [1.54, 1.807) is 0 Å². The van der Waals surface area contributed by atoms with Crippen molar-refractivity contribution < 1.29 is 15.1 Å². The number of nitro benzene ring substituents is 1. The molecule has 0 fully saturated rings. The minimum absolute atomic E-state index is 0.0251. The van der Waals surface area contributed by atoms with E-state index in [-0.39, 0.29) is 28.6 Å². The maximum Gasteiger partial charge on any atom is 0.294 e. The van der Waals surface area contributed by atoms with Crippen molar-refractivity contribution in [3.05, 3.63) is 27.3 Å². The summed E-state index contributed by atoms with van der Waals surface area (Å²) < 4.78 is 0. The van der Waals surface area contributed by atoms with E-state index in [9.17, 15) is 10.1 Å². The van der Waals surface area contributed by atoms with E-state index in [2.05, 4.69) is 5.32 Å². The van der Waals surface area contributed by atoms with E-state index in [0.717, 1.165) is 0 Å². The summed E-state index contributed by atoms with van der Waals surface area (Å²) in [4.78, 5) is 10.0. The van der Waals surface area contributed by atoms with Crippen LogP contribution in [0, 0.1) is 10.1 Å². The zero-order valence-corrected chi connectivity index (χ0v) is 9.52.